The number of anilines is 1. The molecule has 0 aliphatic heterocycles. The third-order valence-electron chi connectivity index (χ3n) is 5.86. The van der Waals surface area contributed by atoms with E-state index in [1.54, 1.807) is 52.0 Å². The number of hydrogen-bond donors (Lipinski definition) is 4. The Hall–Kier alpha value is -3.20. The average molecular weight is 514 g/mol. The molecule has 0 bridgehead atoms. The van der Waals surface area contributed by atoms with E-state index in [0.717, 1.165) is 5.56 Å². The molecule has 0 spiro atoms. The lowest BCUT2D eigenvalue weighted by Gasteiger charge is -2.34. The van der Waals surface area contributed by atoms with Gasteiger partial charge in [-0.05, 0) is 64.7 Å². The number of para-hydroxylation sites is 2. The van der Waals surface area contributed by atoms with Crippen molar-refractivity contribution in [3.8, 4) is 5.75 Å². The van der Waals surface area contributed by atoms with Crippen LogP contribution in [0.25, 0.3) is 0 Å². The summed E-state index contributed by atoms with van der Waals surface area (Å²) < 4.78 is 5.32. The largest absolute Gasteiger partial charge is 0.507 e. The number of nitrogens with one attached hydrogen (secondary N) is 2. The number of aryl methyl sites for hydroxylation is 2. The molecule has 3 rings (SSSR count). The van der Waals surface area contributed by atoms with E-state index in [1.165, 1.54) is 4.90 Å². The molecule has 0 saturated heterocycles. The molecule has 3 amide bonds. The number of ether oxygens (including phenoxy) is 1. The molecular weight excluding hydrogens is 478 g/mol. The number of benzene rings is 2. The van der Waals surface area contributed by atoms with E-state index in [0.29, 0.717) is 29.7 Å². The fourth-order valence-corrected chi connectivity index (χ4v) is 4.17. The lowest BCUT2D eigenvalue weighted by Crippen LogP contribution is -2.54. The quantitative estimate of drug-likeness (QED) is 0.389. The molecule has 3 N–H and O–H groups in total. The zero-order valence-electron chi connectivity index (χ0n) is 21.4. The highest BCUT2D eigenvalue weighted by Crippen LogP contribution is 2.39. The van der Waals surface area contributed by atoms with E-state index < -0.39 is 35.6 Å². The third-order valence-corrected chi connectivity index (χ3v) is 6.22. The molecule has 0 radical (unpaired) electrons. The van der Waals surface area contributed by atoms with Crippen LogP contribution in [0, 0.1) is 13.8 Å². The molecule has 1 aliphatic carbocycles. The maximum absolute atomic E-state index is 13.8. The normalized spacial score (nSPS) is 14.9. The minimum atomic E-state index is -1.12. The van der Waals surface area contributed by atoms with Crippen molar-refractivity contribution in [2.45, 2.75) is 71.2 Å². The zero-order chi connectivity index (χ0) is 26.6. The molecule has 8 nitrogen and oxygen atoms in total. The van der Waals surface area contributed by atoms with Gasteiger partial charge in [0.2, 0.25) is 5.91 Å². The molecule has 2 unspecified atom stereocenters. The maximum Gasteiger partial charge on any atom is 0.408 e. The van der Waals surface area contributed by atoms with Gasteiger partial charge < -0.3 is 25.4 Å². The molecule has 1 saturated carbocycles. The topological polar surface area (TPSA) is 108 Å². The highest BCUT2D eigenvalue weighted by molar-refractivity contribution is 7.80. The number of nitrogens with zero attached hydrogens (tertiary/aromatic N) is 1. The van der Waals surface area contributed by atoms with Crippen molar-refractivity contribution in [3.05, 3.63) is 59.2 Å². The second-order valence-corrected chi connectivity index (χ2v) is 10.4. The SMILES string of the molecule is Cc1ccccc1NC(=O)C(c1cccc(C)c1O)N(C(=O)C(CS)NC(=O)OC(C)(C)C)C1CC1. The van der Waals surface area contributed by atoms with Crippen molar-refractivity contribution < 1.29 is 24.2 Å². The van der Waals surface area contributed by atoms with Crippen LogP contribution in [0.3, 0.4) is 0 Å². The Kier molecular flexibility index (Phi) is 8.55. The summed E-state index contributed by atoms with van der Waals surface area (Å²) in [5, 5.41) is 16.4. The van der Waals surface area contributed by atoms with Gasteiger partial charge in [-0.15, -0.1) is 0 Å². The Morgan fingerprint density at radius 1 is 1.08 bits per heavy atom. The number of hydrogen-bond acceptors (Lipinski definition) is 6. The van der Waals surface area contributed by atoms with Gasteiger partial charge in [0, 0.05) is 23.0 Å². The predicted octanol–water partition coefficient (Wildman–Crippen LogP) is 4.50. The van der Waals surface area contributed by atoms with Crippen molar-refractivity contribution in [2.24, 2.45) is 0 Å². The van der Waals surface area contributed by atoms with Crippen molar-refractivity contribution >= 4 is 36.2 Å². The standard InChI is InChI=1S/C27H35N3O5S/c1-16-9-6-7-12-20(16)28-24(32)22(19-11-8-10-17(2)23(19)31)30(18-13-14-18)25(33)21(15-36)29-26(34)35-27(3,4)5/h6-12,18,21-22,31,36H,13-15H2,1-5H3,(H,28,32)(H,29,34). The molecule has 0 heterocycles. The van der Waals surface area contributed by atoms with Crippen molar-refractivity contribution in [2.75, 3.05) is 11.1 Å². The van der Waals surface area contributed by atoms with Crippen LogP contribution in [-0.4, -0.2) is 51.4 Å². The van der Waals surface area contributed by atoms with Gasteiger partial charge in [0.1, 0.15) is 23.4 Å². The number of phenols is 1. The fourth-order valence-electron chi connectivity index (χ4n) is 3.92. The highest BCUT2D eigenvalue weighted by Gasteiger charge is 2.44. The molecule has 0 aromatic heterocycles. The first-order valence-corrected chi connectivity index (χ1v) is 12.6. The van der Waals surface area contributed by atoms with E-state index >= 15 is 0 Å². The highest BCUT2D eigenvalue weighted by atomic mass is 32.1. The number of phenolic OH excluding ortho intramolecular Hbond substituents is 1. The molecule has 2 atom stereocenters. The molecule has 9 heteroatoms. The predicted molar refractivity (Wildman–Crippen MR) is 142 cm³/mol. The van der Waals surface area contributed by atoms with Crippen LogP contribution in [0.1, 0.15) is 56.3 Å². The van der Waals surface area contributed by atoms with Gasteiger partial charge in [-0.25, -0.2) is 4.79 Å². The summed E-state index contributed by atoms with van der Waals surface area (Å²) in [7, 11) is 0. The Labute approximate surface area is 217 Å². The minimum Gasteiger partial charge on any atom is -0.507 e. The summed E-state index contributed by atoms with van der Waals surface area (Å²) in [6.07, 6.45) is 0.668. The number of carbonyl (C=O) groups excluding carboxylic acids is 3. The smallest absolute Gasteiger partial charge is 0.408 e. The zero-order valence-corrected chi connectivity index (χ0v) is 22.3. The minimum absolute atomic E-state index is 0.00717. The van der Waals surface area contributed by atoms with Gasteiger partial charge in [0.25, 0.3) is 5.91 Å². The Balaban J connectivity index is 2.00. The number of thiol groups is 1. The van der Waals surface area contributed by atoms with Crippen molar-refractivity contribution in [1.82, 2.24) is 10.2 Å². The average Bonchev–Trinajstić information content (AvgIpc) is 3.63. The van der Waals surface area contributed by atoms with Crippen LogP contribution in [-0.2, 0) is 14.3 Å². The Bertz CT molecular complexity index is 1130. The number of rotatable bonds is 8. The number of aromatic hydroxyl groups is 1. The number of carbonyl (C=O) groups is 3. The maximum atomic E-state index is 13.8. The van der Waals surface area contributed by atoms with Gasteiger partial charge in [0.15, 0.2) is 0 Å². The second-order valence-electron chi connectivity index (χ2n) is 10.1. The molecule has 1 fully saturated rings. The molecular formula is C27H35N3O5S. The fraction of sp³-hybridized carbons (Fsp3) is 0.444. The van der Waals surface area contributed by atoms with Gasteiger partial charge in [-0.2, -0.15) is 12.6 Å². The number of amides is 3. The van der Waals surface area contributed by atoms with Gasteiger partial charge in [-0.1, -0.05) is 36.4 Å². The van der Waals surface area contributed by atoms with Gasteiger partial charge >= 0.3 is 6.09 Å². The summed E-state index contributed by atoms with van der Waals surface area (Å²) in [6.45, 7) is 8.80. The Morgan fingerprint density at radius 2 is 1.72 bits per heavy atom. The van der Waals surface area contributed by atoms with Crippen molar-refractivity contribution in [1.29, 1.82) is 0 Å². The summed E-state index contributed by atoms with van der Waals surface area (Å²) in [6, 6.07) is 10.1. The van der Waals surface area contributed by atoms with Crippen LogP contribution >= 0.6 is 12.6 Å². The lowest BCUT2D eigenvalue weighted by atomic mass is 9.99. The molecule has 1 aliphatic rings. The molecule has 36 heavy (non-hydrogen) atoms. The summed E-state index contributed by atoms with van der Waals surface area (Å²) in [5.74, 6) is -0.971. The van der Waals surface area contributed by atoms with E-state index in [9.17, 15) is 19.5 Å². The van der Waals surface area contributed by atoms with Crippen LogP contribution < -0.4 is 10.6 Å². The molecule has 2 aromatic rings. The first-order valence-electron chi connectivity index (χ1n) is 12.0. The van der Waals surface area contributed by atoms with Crippen LogP contribution in [0.15, 0.2) is 42.5 Å². The summed E-state index contributed by atoms with van der Waals surface area (Å²) >= 11 is 4.29. The Morgan fingerprint density at radius 3 is 2.31 bits per heavy atom. The van der Waals surface area contributed by atoms with E-state index in [1.807, 2.05) is 25.1 Å². The second kappa shape index (κ2) is 11.2. The monoisotopic (exact) mass is 513 g/mol. The van der Waals surface area contributed by atoms with E-state index in [4.69, 9.17) is 4.74 Å². The summed E-state index contributed by atoms with van der Waals surface area (Å²) in [4.78, 5) is 41.5. The van der Waals surface area contributed by atoms with Crippen LogP contribution in [0.5, 0.6) is 5.75 Å². The summed E-state index contributed by atoms with van der Waals surface area (Å²) in [5.41, 5.74) is 1.63. The van der Waals surface area contributed by atoms with Crippen molar-refractivity contribution in [3.63, 3.8) is 0 Å². The number of alkyl carbamates (subject to hydrolysis) is 1. The molecule has 194 valence electrons. The van der Waals surface area contributed by atoms with Gasteiger partial charge in [0.05, 0.1) is 0 Å². The third kappa shape index (κ3) is 6.72. The first-order chi connectivity index (χ1) is 16.9. The molecule has 2 aromatic carbocycles. The van der Waals surface area contributed by atoms with E-state index in [-0.39, 0.29) is 17.5 Å². The van der Waals surface area contributed by atoms with Crippen LogP contribution in [0.4, 0.5) is 10.5 Å². The van der Waals surface area contributed by atoms with Crippen LogP contribution in [0.2, 0.25) is 0 Å². The van der Waals surface area contributed by atoms with E-state index in [2.05, 4.69) is 23.3 Å². The first kappa shape index (κ1) is 27.4. The van der Waals surface area contributed by atoms with Gasteiger partial charge in [-0.3, -0.25) is 9.59 Å². The lowest BCUT2D eigenvalue weighted by molar-refractivity contribution is -0.141.